The standard InChI is InChI=1S/C16H19N3O/c1-17-16(18-10-8-14-6-4-12-20-14)19-11-9-13-5-2-3-7-15(13)19/h2-7,12H,8-11H2,1H3,(H,17,18). The van der Waals surface area contributed by atoms with Crippen LogP contribution in [0.5, 0.6) is 0 Å². The Kier molecular flexibility index (Phi) is 3.72. The van der Waals surface area contributed by atoms with E-state index in [0.717, 1.165) is 37.7 Å². The zero-order valence-corrected chi connectivity index (χ0v) is 11.7. The van der Waals surface area contributed by atoms with E-state index in [0.29, 0.717) is 0 Å². The number of nitrogens with zero attached hydrogens (tertiary/aromatic N) is 2. The predicted octanol–water partition coefficient (Wildman–Crippen LogP) is 2.46. The number of fused-ring (bicyclic) bond motifs is 1. The van der Waals surface area contributed by atoms with Crippen LogP contribution in [0.4, 0.5) is 5.69 Å². The summed E-state index contributed by atoms with van der Waals surface area (Å²) >= 11 is 0. The van der Waals surface area contributed by atoms with Crippen LogP contribution in [-0.2, 0) is 12.8 Å². The summed E-state index contributed by atoms with van der Waals surface area (Å²) in [6, 6.07) is 12.4. The van der Waals surface area contributed by atoms with Crippen molar-refractivity contribution >= 4 is 11.6 Å². The number of nitrogens with one attached hydrogen (secondary N) is 1. The van der Waals surface area contributed by atoms with Crippen LogP contribution in [-0.4, -0.2) is 26.1 Å². The summed E-state index contributed by atoms with van der Waals surface area (Å²) in [7, 11) is 1.83. The maximum atomic E-state index is 5.34. The molecule has 0 saturated carbocycles. The number of furan rings is 1. The molecule has 4 nitrogen and oxygen atoms in total. The zero-order chi connectivity index (χ0) is 13.8. The van der Waals surface area contributed by atoms with Gasteiger partial charge >= 0.3 is 0 Å². The Hall–Kier alpha value is -2.23. The maximum absolute atomic E-state index is 5.34. The van der Waals surface area contributed by atoms with Crippen molar-refractivity contribution in [3.8, 4) is 0 Å². The van der Waals surface area contributed by atoms with Crippen LogP contribution >= 0.6 is 0 Å². The Balaban J connectivity index is 1.63. The second-order valence-corrected chi connectivity index (χ2v) is 4.83. The first-order valence-corrected chi connectivity index (χ1v) is 6.97. The van der Waals surface area contributed by atoms with E-state index in [4.69, 9.17) is 4.42 Å². The summed E-state index contributed by atoms with van der Waals surface area (Å²) in [5, 5.41) is 3.41. The SMILES string of the molecule is CN=C(NCCc1ccco1)N1CCc2ccccc21. The lowest BCUT2D eigenvalue weighted by molar-refractivity contribution is 0.507. The molecule has 0 bridgehead atoms. The molecule has 0 atom stereocenters. The van der Waals surface area contributed by atoms with E-state index in [1.54, 1.807) is 6.26 Å². The molecule has 0 radical (unpaired) electrons. The molecule has 1 aromatic carbocycles. The fraction of sp³-hybridized carbons (Fsp3) is 0.312. The van der Waals surface area contributed by atoms with Crippen LogP contribution in [0, 0.1) is 0 Å². The molecule has 1 N–H and O–H groups in total. The Morgan fingerprint density at radius 1 is 1.30 bits per heavy atom. The summed E-state index contributed by atoms with van der Waals surface area (Å²) in [5.41, 5.74) is 2.65. The van der Waals surface area contributed by atoms with E-state index >= 15 is 0 Å². The quantitative estimate of drug-likeness (QED) is 0.687. The van der Waals surface area contributed by atoms with Crippen molar-refractivity contribution in [2.24, 2.45) is 4.99 Å². The molecule has 3 rings (SSSR count). The van der Waals surface area contributed by atoms with Gasteiger partial charge in [0.15, 0.2) is 5.96 Å². The number of aliphatic imine (C=N–C) groups is 1. The van der Waals surface area contributed by atoms with E-state index in [1.165, 1.54) is 11.3 Å². The highest BCUT2D eigenvalue weighted by Crippen LogP contribution is 2.27. The van der Waals surface area contributed by atoms with E-state index < -0.39 is 0 Å². The number of rotatable bonds is 3. The first-order chi connectivity index (χ1) is 9.88. The van der Waals surface area contributed by atoms with Crippen molar-refractivity contribution in [2.75, 3.05) is 25.0 Å². The third-order valence-electron chi connectivity index (χ3n) is 3.59. The molecule has 4 heteroatoms. The summed E-state index contributed by atoms with van der Waals surface area (Å²) in [6.07, 6.45) is 3.65. The zero-order valence-electron chi connectivity index (χ0n) is 11.7. The topological polar surface area (TPSA) is 40.8 Å². The number of hydrogen-bond donors (Lipinski definition) is 1. The van der Waals surface area contributed by atoms with Crippen molar-refractivity contribution in [1.82, 2.24) is 5.32 Å². The fourth-order valence-electron chi connectivity index (χ4n) is 2.61. The van der Waals surface area contributed by atoms with E-state index in [9.17, 15) is 0 Å². The molecule has 0 unspecified atom stereocenters. The predicted molar refractivity (Wildman–Crippen MR) is 81.3 cm³/mol. The Morgan fingerprint density at radius 3 is 3.00 bits per heavy atom. The van der Waals surface area contributed by atoms with Crippen LogP contribution < -0.4 is 10.2 Å². The molecule has 0 aliphatic carbocycles. The fourth-order valence-corrected chi connectivity index (χ4v) is 2.61. The van der Waals surface area contributed by atoms with Gasteiger partial charge in [-0.1, -0.05) is 18.2 Å². The number of hydrogen-bond acceptors (Lipinski definition) is 2. The monoisotopic (exact) mass is 269 g/mol. The van der Waals surface area contributed by atoms with Crippen molar-refractivity contribution < 1.29 is 4.42 Å². The van der Waals surface area contributed by atoms with Gasteiger partial charge in [-0.25, -0.2) is 0 Å². The van der Waals surface area contributed by atoms with Crippen molar-refractivity contribution in [3.05, 3.63) is 54.0 Å². The van der Waals surface area contributed by atoms with Crippen molar-refractivity contribution in [3.63, 3.8) is 0 Å². The van der Waals surface area contributed by atoms with Gasteiger partial charge in [-0.15, -0.1) is 0 Å². The molecule has 0 amide bonds. The molecule has 1 aliphatic heterocycles. The van der Waals surface area contributed by atoms with Gasteiger partial charge in [0, 0.05) is 32.2 Å². The highest BCUT2D eigenvalue weighted by atomic mass is 16.3. The van der Waals surface area contributed by atoms with Gasteiger partial charge in [-0.2, -0.15) is 0 Å². The largest absolute Gasteiger partial charge is 0.469 e. The van der Waals surface area contributed by atoms with Crippen LogP contribution in [0.2, 0.25) is 0 Å². The van der Waals surface area contributed by atoms with Crippen LogP contribution in [0.25, 0.3) is 0 Å². The highest BCUT2D eigenvalue weighted by molar-refractivity contribution is 5.97. The number of guanidine groups is 1. The Labute approximate surface area is 119 Å². The highest BCUT2D eigenvalue weighted by Gasteiger charge is 2.21. The molecule has 0 spiro atoms. The summed E-state index contributed by atoms with van der Waals surface area (Å²) in [6.45, 7) is 1.80. The smallest absolute Gasteiger partial charge is 0.198 e. The van der Waals surface area contributed by atoms with Gasteiger partial charge in [-0.3, -0.25) is 4.99 Å². The normalized spacial score (nSPS) is 14.4. The molecule has 1 aromatic heterocycles. The third-order valence-corrected chi connectivity index (χ3v) is 3.59. The maximum Gasteiger partial charge on any atom is 0.198 e. The molecule has 2 heterocycles. The van der Waals surface area contributed by atoms with Gasteiger partial charge in [0.2, 0.25) is 0 Å². The van der Waals surface area contributed by atoms with Gasteiger partial charge in [0.05, 0.1) is 6.26 Å². The molecule has 20 heavy (non-hydrogen) atoms. The van der Waals surface area contributed by atoms with Crippen molar-refractivity contribution in [1.29, 1.82) is 0 Å². The number of anilines is 1. The molecule has 0 fully saturated rings. The summed E-state index contributed by atoms with van der Waals surface area (Å²) < 4.78 is 5.34. The number of benzene rings is 1. The first-order valence-electron chi connectivity index (χ1n) is 6.97. The molecule has 104 valence electrons. The van der Waals surface area contributed by atoms with Crippen LogP contribution in [0.15, 0.2) is 52.1 Å². The molecule has 2 aromatic rings. The van der Waals surface area contributed by atoms with Gasteiger partial charge in [0.1, 0.15) is 5.76 Å². The van der Waals surface area contributed by atoms with E-state index in [2.05, 4.69) is 39.5 Å². The van der Waals surface area contributed by atoms with Crippen molar-refractivity contribution in [2.45, 2.75) is 12.8 Å². The van der Waals surface area contributed by atoms with Gasteiger partial charge in [0.25, 0.3) is 0 Å². The van der Waals surface area contributed by atoms with Crippen LogP contribution in [0.1, 0.15) is 11.3 Å². The average molecular weight is 269 g/mol. The molecule has 0 saturated heterocycles. The molecule has 1 aliphatic rings. The van der Waals surface area contributed by atoms with E-state index in [1.807, 2.05) is 19.2 Å². The second kappa shape index (κ2) is 5.82. The second-order valence-electron chi connectivity index (χ2n) is 4.83. The lowest BCUT2D eigenvalue weighted by atomic mass is 10.2. The third kappa shape index (κ3) is 2.54. The minimum Gasteiger partial charge on any atom is -0.469 e. The Bertz CT molecular complexity index is 590. The lowest BCUT2D eigenvalue weighted by Gasteiger charge is -2.22. The van der Waals surface area contributed by atoms with Gasteiger partial charge in [-0.05, 0) is 30.2 Å². The molecular formula is C16H19N3O. The lowest BCUT2D eigenvalue weighted by Crippen LogP contribution is -2.41. The first kappa shape index (κ1) is 12.8. The summed E-state index contributed by atoms with van der Waals surface area (Å²) in [4.78, 5) is 6.64. The minimum absolute atomic E-state index is 0.818. The Morgan fingerprint density at radius 2 is 2.20 bits per heavy atom. The summed E-state index contributed by atoms with van der Waals surface area (Å²) in [5.74, 6) is 1.93. The molecular weight excluding hydrogens is 250 g/mol. The number of para-hydroxylation sites is 1. The average Bonchev–Trinajstić information content (AvgIpc) is 3.13. The van der Waals surface area contributed by atoms with E-state index in [-0.39, 0.29) is 0 Å². The van der Waals surface area contributed by atoms with Crippen LogP contribution in [0.3, 0.4) is 0 Å². The minimum atomic E-state index is 0.818. The van der Waals surface area contributed by atoms with Gasteiger partial charge < -0.3 is 14.6 Å².